The van der Waals surface area contributed by atoms with Crippen molar-refractivity contribution < 1.29 is 14.6 Å². The summed E-state index contributed by atoms with van der Waals surface area (Å²) in [5, 5.41) is 10.0. The zero-order valence-corrected chi connectivity index (χ0v) is 18.5. The number of ether oxygens (including phenoxy) is 1. The van der Waals surface area contributed by atoms with Crippen molar-refractivity contribution in [1.29, 1.82) is 0 Å². The second kappa shape index (κ2) is 9.83. The lowest BCUT2D eigenvalue weighted by Crippen LogP contribution is -2.46. The monoisotopic (exact) mass is 437 g/mol. The van der Waals surface area contributed by atoms with Crippen LogP contribution in [0.4, 0.5) is 10.8 Å². The van der Waals surface area contributed by atoms with E-state index in [-0.39, 0.29) is 6.42 Å². The molecule has 2 aromatic carbocycles. The molecule has 1 aliphatic rings. The zero-order valence-electron chi connectivity index (χ0n) is 17.7. The number of anilines is 2. The van der Waals surface area contributed by atoms with Gasteiger partial charge < -0.3 is 19.6 Å². The maximum absolute atomic E-state index is 10.9. The van der Waals surface area contributed by atoms with E-state index in [9.17, 15) is 4.79 Å². The van der Waals surface area contributed by atoms with Gasteiger partial charge >= 0.3 is 5.97 Å². The van der Waals surface area contributed by atoms with E-state index in [1.807, 2.05) is 12.1 Å². The van der Waals surface area contributed by atoms with Crippen LogP contribution in [0, 0.1) is 6.92 Å². The summed E-state index contributed by atoms with van der Waals surface area (Å²) < 4.78 is 5.86. The number of thiazole rings is 1. The van der Waals surface area contributed by atoms with Crippen molar-refractivity contribution in [1.82, 2.24) is 4.98 Å². The molecule has 2 heterocycles. The Morgan fingerprint density at radius 3 is 2.55 bits per heavy atom. The van der Waals surface area contributed by atoms with Gasteiger partial charge in [0, 0.05) is 43.2 Å². The summed E-state index contributed by atoms with van der Waals surface area (Å²) in [6.07, 6.45) is 0.735. The third kappa shape index (κ3) is 5.55. The molecule has 0 bridgehead atoms. The second-order valence-electron chi connectivity index (χ2n) is 7.63. The molecule has 0 spiro atoms. The molecule has 6 nitrogen and oxygen atoms in total. The summed E-state index contributed by atoms with van der Waals surface area (Å²) in [7, 11) is 0. The minimum absolute atomic E-state index is 0.00326. The fourth-order valence-corrected chi connectivity index (χ4v) is 4.77. The van der Waals surface area contributed by atoms with Crippen LogP contribution in [0.15, 0.2) is 54.6 Å². The number of hydrogen-bond donors (Lipinski definition) is 1. The molecule has 1 fully saturated rings. The van der Waals surface area contributed by atoms with Crippen LogP contribution in [0.5, 0.6) is 5.75 Å². The van der Waals surface area contributed by atoms with Gasteiger partial charge in [0.1, 0.15) is 5.75 Å². The van der Waals surface area contributed by atoms with E-state index in [4.69, 9.17) is 14.8 Å². The molecule has 0 aliphatic carbocycles. The molecule has 0 atom stereocenters. The Labute approximate surface area is 186 Å². The highest BCUT2D eigenvalue weighted by Crippen LogP contribution is 2.28. The molecule has 0 saturated carbocycles. The van der Waals surface area contributed by atoms with Crippen LogP contribution in [0.2, 0.25) is 0 Å². The number of para-hydroxylation sites is 1. The first-order chi connectivity index (χ1) is 15.1. The number of nitrogens with zero attached hydrogens (tertiary/aromatic N) is 3. The minimum Gasteiger partial charge on any atom is -0.493 e. The summed E-state index contributed by atoms with van der Waals surface area (Å²) >= 11 is 1.75. The Balaban J connectivity index is 1.30. The number of hydrogen-bond acceptors (Lipinski definition) is 6. The van der Waals surface area contributed by atoms with Crippen molar-refractivity contribution in [3.8, 4) is 5.75 Å². The topological polar surface area (TPSA) is 65.9 Å². The van der Waals surface area contributed by atoms with Crippen molar-refractivity contribution in [2.75, 3.05) is 42.6 Å². The van der Waals surface area contributed by atoms with Crippen LogP contribution in [0.3, 0.4) is 0 Å². The summed E-state index contributed by atoms with van der Waals surface area (Å²) in [6, 6.07) is 17.8. The summed E-state index contributed by atoms with van der Waals surface area (Å²) in [4.78, 5) is 21.8. The average Bonchev–Trinajstić information content (AvgIpc) is 3.15. The van der Waals surface area contributed by atoms with Crippen molar-refractivity contribution in [3.05, 3.63) is 70.7 Å². The molecule has 1 saturated heterocycles. The van der Waals surface area contributed by atoms with Gasteiger partial charge in [0.25, 0.3) is 0 Å². The maximum Gasteiger partial charge on any atom is 0.307 e. The molecule has 0 amide bonds. The Morgan fingerprint density at radius 2 is 1.81 bits per heavy atom. The van der Waals surface area contributed by atoms with Crippen molar-refractivity contribution in [2.24, 2.45) is 0 Å². The number of carboxylic acid groups (broad SMARTS) is 1. The van der Waals surface area contributed by atoms with Gasteiger partial charge in [-0.05, 0) is 36.8 Å². The molecule has 7 heteroatoms. The number of rotatable bonds is 8. The highest BCUT2D eigenvalue weighted by molar-refractivity contribution is 7.15. The molecule has 0 radical (unpaired) electrons. The Morgan fingerprint density at radius 1 is 1.06 bits per heavy atom. The molecule has 1 aromatic heterocycles. The van der Waals surface area contributed by atoms with Gasteiger partial charge in [-0.1, -0.05) is 30.3 Å². The highest BCUT2D eigenvalue weighted by Gasteiger charge is 2.20. The van der Waals surface area contributed by atoms with Gasteiger partial charge in [0.2, 0.25) is 0 Å². The van der Waals surface area contributed by atoms with E-state index in [2.05, 4.69) is 47.1 Å². The number of carbonyl (C=O) groups is 1. The summed E-state index contributed by atoms with van der Waals surface area (Å²) in [6.45, 7) is 6.55. The van der Waals surface area contributed by atoms with Gasteiger partial charge in [-0.25, -0.2) is 4.98 Å². The van der Waals surface area contributed by atoms with E-state index in [0.29, 0.717) is 12.4 Å². The molecule has 0 unspecified atom stereocenters. The average molecular weight is 438 g/mol. The van der Waals surface area contributed by atoms with E-state index in [1.165, 1.54) is 10.6 Å². The molecule has 1 N–H and O–H groups in total. The predicted octanol–water partition coefficient (Wildman–Crippen LogP) is 4.03. The van der Waals surface area contributed by atoms with E-state index < -0.39 is 5.97 Å². The zero-order chi connectivity index (χ0) is 21.6. The number of benzene rings is 2. The number of aryl methyl sites for hydroxylation is 1. The Bertz CT molecular complexity index is 1010. The van der Waals surface area contributed by atoms with Crippen LogP contribution in [-0.4, -0.2) is 48.8 Å². The van der Waals surface area contributed by atoms with Crippen LogP contribution in [0.1, 0.15) is 16.1 Å². The lowest BCUT2D eigenvalue weighted by molar-refractivity contribution is -0.136. The van der Waals surface area contributed by atoms with Gasteiger partial charge in [-0.15, -0.1) is 11.3 Å². The van der Waals surface area contributed by atoms with Gasteiger partial charge in [0.05, 0.1) is 18.7 Å². The Hall–Kier alpha value is -3.06. The van der Waals surface area contributed by atoms with Gasteiger partial charge in [0.15, 0.2) is 5.13 Å². The number of aromatic nitrogens is 1. The van der Waals surface area contributed by atoms with Crippen molar-refractivity contribution in [3.63, 3.8) is 0 Å². The van der Waals surface area contributed by atoms with Crippen LogP contribution in [-0.2, 0) is 17.6 Å². The summed E-state index contributed by atoms with van der Waals surface area (Å²) in [5.74, 6) is -0.142. The lowest BCUT2D eigenvalue weighted by atomic mass is 10.1. The number of piperazine rings is 1. The molecule has 1 aliphatic heterocycles. The molecule has 3 aromatic rings. The first-order valence-electron chi connectivity index (χ1n) is 10.5. The van der Waals surface area contributed by atoms with Crippen LogP contribution in [0.25, 0.3) is 0 Å². The van der Waals surface area contributed by atoms with Gasteiger partial charge in [-0.2, -0.15) is 0 Å². The normalized spacial score (nSPS) is 14.0. The maximum atomic E-state index is 10.9. The number of carboxylic acids is 1. The SMILES string of the molecule is Cc1sc(N2CCN(c3ccccc3)CC2)nc1CCOc1cccc(CC(=O)O)c1. The molecule has 4 rings (SSSR count). The fraction of sp³-hybridized carbons (Fsp3) is 0.333. The smallest absolute Gasteiger partial charge is 0.307 e. The van der Waals surface area contributed by atoms with E-state index >= 15 is 0 Å². The largest absolute Gasteiger partial charge is 0.493 e. The van der Waals surface area contributed by atoms with Gasteiger partial charge in [-0.3, -0.25) is 4.79 Å². The standard InChI is InChI=1S/C24H27N3O3S/c1-18-22(10-15-30-21-9-5-6-19(16-21)17-23(28)29)25-24(31-18)27-13-11-26(12-14-27)20-7-3-2-4-8-20/h2-9,16H,10-15,17H2,1H3,(H,28,29). The van der Waals surface area contributed by atoms with Crippen molar-refractivity contribution >= 4 is 28.1 Å². The quantitative estimate of drug-likeness (QED) is 0.574. The fourth-order valence-electron chi connectivity index (χ4n) is 3.76. The van der Waals surface area contributed by atoms with E-state index in [0.717, 1.165) is 49.0 Å². The predicted molar refractivity (Wildman–Crippen MR) is 125 cm³/mol. The third-order valence-corrected chi connectivity index (χ3v) is 6.49. The third-order valence-electron chi connectivity index (χ3n) is 5.41. The minimum atomic E-state index is -0.840. The molecule has 162 valence electrons. The Kier molecular flexibility index (Phi) is 6.72. The first kappa shape index (κ1) is 21.2. The summed E-state index contributed by atoms with van der Waals surface area (Å²) in [5.41, 5.74) is 3.10. The van der Waals surface area contributed by atoms with Crippen molar-refractivity contribution in [2.45, 2.75) is 19.8 Å². The van der Waals surface area contributed by atoms with Crippen LogP contribution < -0.4 is 14.5 Å². The molecular formula is C24H27N3O3S. The van der Waals surface area contributed by atoms with E-state index in [1.54, 1.807) is 23.5 Å². The number of aliphatic carboxylic acids is 1. The molecule has 31 heavy (non-hydrogen) atoms. The molecular weight excluding hydrogens is 410 g/mol. The lowest BCUT2D eigenvalue weighted by Gasteiger charge is -2.36. The van der Waals surface area contributed by atoms with Crippen LogP contribution >= 0.6 is 11.3 Å². The first-order valence-corrected chi connectivity index (χ1v) is 11.3. The second-order valence-corrected chi connectivity index (χ2v) is 8.81. The highest BCUT2D eigenvalue weighted by atomic mass is 32.1.